The number of imidazole rings is 1. The zero-order chi connectivity index (χ0) is 26.4. The topological polar surface area (TPSA) is 127 Å². The lowest BCUT2D eigenvalue weighted by atomic mass is 10.1. The van der Waals surface area contributed by atoms with Gasteiger partial charge in [-0.1, -0.05) is 0 Å². The molecular weight excluding hydrogens is 476 g/mol. The standard InChI is InChI=1S/C26H30N6O5/c1-5-32-19(12-15-8-9-21(33)29(2)24(15)32)23-28-18-11-16(13-20(36-4)22(18)30(23)3)25(34)31-10-6-7-17(14-31)37-26(27)35/h8-9,11-13,17H,5-7,10,14H2,1-4H3,(H2,27,35). The molecule has 1 unspecified atom stereocenters. The van der Waals surface area contributed by atoms with Crippen LogP contribution in [0.2, 0.25) is 0 Å². The van der Waals surface area contributed by atoms with E-state index in [0.29, 0.717) is 48.6 Å². The smallest absolute Gasteiger partial charge is 0.404 e. The molecule has 3 aromatic heterocycles. The molecule has 0 spiro atoms. The first-order valence-electron chi connectivity index (χ1n) is 12.2. The van der Waals surface area contributed by atoms with Crippen molar-refractivity contribution in [3.8, 4) is 17.3 Å². The molecular formula is C26H30N6O5. The molecule has 2 N–H and O–H groups in total. The highest BCUT2D eigenvalue weighted by molar-refractivity contribution is 6.00. The molecule has 1 saturated heterocycles. The van der Waals surface area contributed by atoms with Gasteiger partial charge >= 0.3 is 6.09 Å². The van der Waals surface area contributed by atoms with E-state index in [1.165, 1.54) is 0 Å². The Morgan fingerprint density at radius 1 is 1.16 bits per heavy atom. The van der Waals surface area contributed by atoms with E-state index in [1.54, 1.807) is 41.8 Å². The molecule has 1 fully saturated rings. The summed E-state index contributed by atoms with van der Waals surface area (Å²) in [5.74, 6) is 1.02. The molecule has 1 aliphatic rings. The summed E-state index contributed by atoms with van der Waals surface area (Å²) in [6.45, 7) is 3.50. The molecule has 2 amide bonds. The first-order chi connectivity index (χ1) is 17.7. The molecule has 0 saturated carbocycles. The van der Waals surface area contributed by atoms with E-state index >= 15 is 0 Å². The summed E-state index contributed by atoms with van der Waals surface area (Å²) in [6.07, 6.45) is 0.110. The van der Waals surface area contributed by atoms with Crippen molar-refractivity contribution < 1.29 is 19.1 Å². The van der Waals surface area contributed by atoms with E-state index < -0.39 is 12.2 Å². The average Bonchev–Trinajstić information content (AvgIpc) is 3.42. The number of hydrogen-bond acceptors (Lipinski definition) is 6. The van der Waals surface area contributed by atoms with Crippen LogP contribution in [-0.4, -0.2) is 61.9 Å². The zero-order valence-corrected chi connectivity index (χ0v) is 21.4. The highest BCUT2D eigenvalue weighted by Crippen LogP contribution is 2.34. The number of amides is 2. The lowest BCUT2D eigenvalue weighted by Crippen LogP contribution is -2.44. The number of hydrogen-bond donors (Lipinski definition) is 1. The summed E-state index contributed by atoms with van der Waals surface area (Å²) in [5, 5.41) is 0.937. The first kappa shape index (κ1) is 24.4. The number of aromatic nitrogens is 4. The monoisotopic (exact) mass is 506 g/mol. The second-order valence-corrected chi connectivity index (χ2v) is 9.28. The molecule has 11 nitrogen and oxygen atoms in total. The summed E-state index contributed by atoms with van der Waals surface area (Å²) in [5.41, 5.74) is 8.57. The van der Waals surface area contributed by atoms with Gasteiger partial charge in [-0.15, -0.1) is 0 Å². The summed E-state index contributed by atoms with van der Waals surface area (Å²) in [7, 11) is 5.23. The van der Waals surface area contributed by atoms with Crippen molar-refractivity contribution in [3.05, 3.63) is 46.2 Å². The Bertz CT molecular complexity index is 1600. The maximum absolute atomic E-state index is 13.4. The third-order valence-electron chi connectivity index (χ3n) is 7.05. The second-order valence-electron chi connectivity index (χ2n) is 9.28. The second kappa shape index (κ2) is 9.30. The number of benzene rings is 1. The maximum atomic E-state index is 13.4. The molecule has 1 aliphatic heterocycles. The number of ether oxygens (including phenoxy) is 2. The van der Waals surface area contributed by atoms with E-state index in [9.17, 15) is 14.4 Å². The summed E-state index contributed by atoms with van der Waals surface area (Å²) >= 11 is 0. The van der Waals surface area contributed by atoms with Gasteiger partial charge in [0.25, 0.3) is 11.5 Å². The largest absolute Gasteiger partial charge is 0.494 e. The first-order valence-corrected chi connectivity index (χ1v) is 12.2. The fourth-order valence-electron chi connectivity index (χ4n) is 5.32. The Morgan fingerprint density at radius 3 is 2.65 bits per heavy atom. The van der Waals surface area contributed by atoms with Gasteiger partial charge in [0.15, 0.2) is 5.82 Å². The SMILES string of the molecule is CCn1c(-c2nc3cc(C(=O)N4CCCC(OC(N)=O)C4)cc(OC)c3n2C)cc2ccc(=O)n(C)c21. The fraction of sp³-hybridized carbons (Fsp3) is 0.385. The van der Waals surface area contributed by atoms with Gasteiger partial charge < -0.3 is 29.2 Å². The minimum absolute atomic E-state index is 0.0807. The van der Waals surface area contributed by atoms with E-state index in [1.807, 2.05) is 30.7 Å². The molecule has 4 aromatic rings. The van der Waals surface area contributed by atoms with Crippen molar-refractivity contribution in [3.63, 3.8) is 0 Å². The van der Waals surface area contributed by atoms with E-state index in [2.05, 4.69) is 4.57 Å². The maximum Gasteiger partial charge on any atom is 0.404 e. The van der Waals surface area contributed by atoms with Crippen LogP contribution in [0, 0.1) is 0 Å². The molecule has 194 valence electrons. The van der Waals surface area contributed by atoms with Crippen LogP contribution in [0.1, 0.15) is 30.1 Å². The number of fused-ring (bicyclic) bond motifs is 2. The van der Waals surface area contributed by atoms with E-state index in [-0.39, 0.29) is 18.0 Å². The van der Waals surface area contributed by atoms with Crippen molar-refractivity contribution in [2.24, 2.45) is 19.8 Å². The molecule has 11 heteroatoms. The number of pyridine rings is 1. The number of piperidine rings is 1. The van der Waals surface area contributed by atoms with Crippen molar-refractivity contribution >= 4 is 34.1 Å². The van der Waals surface area contributed by atoms with Gasteiger partial charge in [-0.05, 0) is 44.0 Å². The van der Waals surface area contributed by atoms with Gasteiger partial charge in [0.1, 0.15) is 23.0 Å². The number of likely N-dealkylation sites (tertiary alicyclic amines) is 1. The number of carbonyl (C=O) groups excluding carboxylic acids is 2. The zero-order valence-electron chi connectivity index (χ0n) is 21.4. The van der Waals surface area contributed by atoms with Crippen LogP contribution in [0.15, 0.2) is 35.1 Å². The predicted octanol–water partition coefficient (Wildman–Crippen LogP) is 2.62. The van der Waals surface area contributed by atoms with Crippen molar-refractivity contribution in [2.75, 3.05) is 20.2 Å². The van der Waals surface area contributed by atoms with Gasteiger partial charge in [0.05, 0.1) is 24.9 Å². The lowest BCUT2D eigenvalue weighted by molar-refractivity contribution is 0.0373. The Labute approximate surface area is 213 Å². The molecule has 0 aliphatic carbocycles. The Balaban J connectivity index is 1.59. The number of primary amides is 1. The number of carbonyl (C=O) groups is 2. The molecule has 0 radical (unpaired) electrons. The molecule has 1 aromatic carbocycles. The van der Waals surface area contributed by atoms with Gasteiger partial charge in [0, 0.05) is 44.2 Å². The third kappa shape index (κ3) is 4.09. The fourth-order valence-corrected chi connectivity index (χ4v) is 5.32. The Morgan fingerprint density at radius 2 is 1.95 bits per heavy atom. The number of nitrogens with zero attached hydrogens (tertiary/aromatic N) is 5. The van der Waals surface area contributed by atoms with Crippen LogP contribution in [-0.2, 0) is 25.4 Å². The number of nitrogens with two attached hydrogens (primary N) is 1. The van der Waals surface area contributed by atoms with Crippen LogP contribution in [0.4, 0.5) is 4.79 Å². The van der Waals surface area contributed by atoms with Crippen molar-refractivity contribution in [1.82, 2.24) is 23.6 Å². The molecule has 1 atom stereocenters. The number of rotatable bonds is 5. The highest BCUT2D eigenvalue weighted by Gasteiger charge is 2.28. The summed E-state index contributed by atoms with van der Waals surface area (Å²) in [6, 6.07) is 8.87. The van der Waals surface area contributed by atoms with Gasteiger partial charge in [-0.2, -0.15) is 0 Å². The van der Waals surface area contributed by atoms with E-state index in [0.717, 1.165) is 22.2 Å². The minimum Gasteiger partial charge on any atom is -0.494 e. The number of aryl methyl sites for hydroxylation is 3. The summed E-state index contributed by atoms with van der Waals surface area (Å²) < 4.78 is 16.5. The minimum atomic E-state index is -0.840. The third-order valence-corrected chi connectivity index (χ3v) is 7.05. The van der Waals surface area contributed by atoms with Gasteiger partial charge in [-0.25, -0.2) is 9.78 Å². The van der Waals surface area contributed by atoms with Crippen molar-refractivity contribution in [2.45, 2.75) is 32.4 Å². The lowest BCUT2D eigenvalue weighted by Gasteiger charge is -2.32. The average molecular weight is 507 g/mol. The molecule has 37 heavy (non-hydrogen) atoms. The quantitative estimate of drug-likeness (QED) is 0.443. The van der Waals surface area contributed by atoms with Crippen LogP contribution >= 0.6 is 0 Å². The molecule has 0 bridgehead atoms. The van der Waals surface area contributed by atoms with Crippen LogP contribution in [0.5, 0.6) is 5.75 Å². The number of methoxy groups -OCH3 is 1. The summed E-state index contributed by atoms with van der Waals surface area (Å²) in [4.78, 5) is 43.5. The predicted molar refractivity (Wildman–Crippen MR) is 139 cm³/mol. The van der Waals surface area contributed by atoms with E-state index in [4.69, 9.17) is 20.2 Å². The van der Waals surface area contributed by atoms with Gasteiger partial charge in [0.2, 0.25) is 0 Å². The molecule has 4 heterocycles. The van der Waals surface area contributed by atoms with Crippen LogP contribution in [0.25, 0.3) is 33.6 Å². The van der Waals surface area contributed by atoms with Crippen LogP contribution in [0.3, 0.4) is 0 Å². The normalized spacial score (nSPS) is 15.9. The Kier molecular flexibility index (Phi) is 6.14. The Hall–Kier alpha value is -4.28. The highest BCUT2D eigenvalue weighted by atomic mass is 16.6. The van der Waals surface area contributed by atoms with Gasteiger partial charge in [-0.3, -0.25) is 14.2 Å². The van der Waals surface area contributed by atoms with Crippen LogP contribution < -0.4 is 16.0 Å². The molecule has 5 rings (SSSR count). The van der Waals surface area contributed by atoms with Crippen molar-refractivity contribution in [1.29, 1.82) is 0 Å².